The first-order valence-electron chi connectivity index (χ1n) is 7.19. The second-order valence-electron chi connectivity index (χ2n) is 4.63. The van der Waals surface area contributed by atoms with Gasteiger partial charge in [-0.05, 0) is 12.1 Å². The predicted molar refractivity (Wildman–Crippen MR) is 104 cm³/mol. The number of carbonyl (C=O) groups is 2. The number of amides is 2. The van der Waals surface area contributed by atoms with Crippen LogP contribution in [0.2, 0.25) is 0 Å². The fourth-order valence-corrected chi connectivity index (χ4v) is 3.96. The van der Waals surface area contributed by atoms with E-state index in [0.29, 0.717) is 21.7 Å². The maximum atomic E-state index is 12.1. The Morgan fingerprint density at radius 3 is 2.80 bits per heavy atom. The number of nitrogens with two attached hydrogens (primary N) is 1. The Bertz CT molecular complexity index is 750. The molecule has 2 amide bonds. The van der Waals surface area contributed by atoms with Crippen molar-refractivity contribution in [3.05, 3.63) is 36.9 Å². The number of nitrogens with zero attached hydrogens (tertiary/aromatic N) is 2. The van der Waals surface area contributed by atoms with Gasteiger partial charge >= 0.3 is 0 Å². The van der Waals surface area contributed by atoms with Crippen molar-refractivity contribution in [3.8, 4) is 0 Å². The van der Waals surface area contributed by atoms with Gasteiger partial charge in [0.25, 0.3) is 0 Å². The number of hydrogen-bond acceptors (Lipinski definition) is 8. The summed E-state index contributed by atoms with van der Waals surface area (Å²) < 4.78 is 0.707. The van der Waals surface area contributed by atoms with Crippen LogP contribution in [0, 0.1) is 0 Å². The topological polar surface area (TPSA) is 110 Å². The fourth-order valence-electron chi connectivity index (χ4n) is 1.66. The number of benzene rings is 1. The number of rotatable bonds is 10. The van der Waals surface area contributed by atoms with E-state index in [-0.39, 0.29) is 17.4 Å². The van der Waals surface area contributed by atoms with E-state index < -0.39 is 5.91 Å². The number of thioether (sulfide) groups is 2. The summed E-state index contributed by atoms with van der Waals surface area (Å²) in [5.41, 5.74) is 5.82. The summed E-state index contributed by atoms with van der Waals surface area (Å²) in [6, 6.07) is 7.28. The summed E-state index contributed by atoms with van der Waals surface area (Å²) in [5.74, 6) is -0.190. The van der Waals surface area contributed by atoms with Gasteiger partial charge in [-0.2, -0.15) is 0 Å². The number of nitrogens with one attached hydrogen (secondary N) is 2. The van der Waals surface area contributed by atoms with Crippen LogP contribution in [0.3, 0.4) is 0 Å². The molecule has 25 heavy (non-hydrogen) atoms. The van der Waals surface area contributed by atoms with E-state index in [1.807, 2.05) is 18.2 Å². The molecule has 0 spiro atoms. The maximum absolute atomic E-state index is 12.1. The van der Waals surface area contributed by atoms with Crippen molar-refractivity contribution in [2.75, 3.05) is 28.7 Å². The first kappa shape index (κ1) is 19.3. The lowest BCUT2D eigenvalue weighted by Gasteiger charge is -2.09. The highest BCUT2D eigenvalue weighted by Crippen LogP contribution is 2.28. The fraction of sp³-hybridized carbons (Fsp3) is 0.200. The molecule has 0 fully saturated rings. The molecule has 4 N–H and O–H groups in total. The standard InChI is InChI=1S/C15H17N5O2S3/c1-2-7-17-14-19-20-15(25-14)24-9-13(22)18-10-5-3-4-6-11(10)23-8-12(16)21/h2-6H,1,7-9H2,(H2,16,21)(H,17,19)(H,18,22). The zero-order valence-corrected chi connectivity index (χ0v) is 15.7. The number of aromatic nitrogens is 2. The zero-order valence-electron chi connectivity index (χ0n) is 13.2. The number of para-hydroxylation sites is 1. The molecule has 0 bridgehead atoms. The van der Waals surface area contributed by atoms with Crippen molar-refractivity contribution in [1.82, 2.24) is 10.2 Å². The van der Waals surface area contributed by atoms with Crippen LogP contribution < -0.4 is 16.4 Å². The molecular formula is C15H17N5O2S3. The normalized spacial score (nSPS) is 10.2. The van der Waals surface area contributed by atoms with E-state index in [1.54, 1.807) is 12.1 Å². The van der Waals surface area contributed by atoms with Gasteiger partial charge in [-0.15, -0.1) is 28.5 Å². The van der Waals surface area contributed by atoms with Gasteiger partial charge in [0.05, 0.1) is 17.2 Å². The van der Waals surface area contributed by atoms with E-state index >= 15 is 0 Å². The molecule has 1 heterocycles. The highest BCUT2D eigenvalue weighted by Gasteiger charge is 2.11. The average Bonchev–Trinajstić information content (AvgIpc) is 3.05. The quantitative estimate of drug-likeness (QED) is 0.419. The van der Waals surface area contributed by atoms with Gasteiger partial charge < -0.3 is 16.4 Å². The third kappa shape index (κ3) is 6.77. The molecule has 1 aromatic carbocycles. The highest BCUT2D eigenvalue weighted by molar-refractivity contribution is 8.01. The summed E-state index contributed by atoms with van der Waals surface area (Å²) in [4.78, 5) is 23.9. The maximum Gasteiger partial charge on any atom is 0.234 e. The van der Waals surface area contributed by atoms with Gasteiger partial charge in [-0.25, -0.2) is 0 Å². The summed E-state index contributed by atoms with van der Waals surface area (Å²) >= 11 is 3.98. The van der Waals surface area contributed by atoms with E-state index in [4.69, 9.17) is 5.73 Å². The van der Waals surface area contributed by atoms with E-state index in [0.717, 1.165) is 4.90 Å². The van der Waals surface area contributed by atoms with Crippen molar-refractivity contribution >= 4 is 57.5 Å². The van der Waals surface area contributed by atoms with E-state index in [1.165, 1.54) is 34.9 Å². The molecule has 0 atom stereocenters. The molecule has 2 aromatic rings. The Hall–Kier alpha value is -2.04. The van der Waals surface area contributed by atoms with E-state index in [2.05, 4.69) is 27.4 Å². The van der Waals surface area contributed by atoms with Gasteiger partial charge in [0.2, 0.25) is 16.9 Å². The molecule has 10 heteroatoms. The molecule has 0 unspecified atom stereocenters. The minimum Gasteiger partial charge on any atom is -0.369 e. The van der Waals surface area contributed by atoms with Crippen molar-refractivity contribution in [2.24, 2.45) is 5.73 Å². The number of carbonyl (C=O) groups excluding carboxylic acids is 2. The minimum absolute atomic E-state index is 0.159. The lowest BCUT2D eigenvalue weighted by molar-refractivity contribution is -0.115. The van der Waals surface area contributed by atoms with Gasteiger partial charge in [0, 0.05) is 11.4 Å². The number of anilines is 2. The second kappa shape index (κ2) is 10.1. The van der Waals surface area contributed by atoms with Gasteiger partial charge in [0.15, 0.2) is 4.34 Å². The van der Waals surface area contributed by atoms with Crippen molar-refractivity contribution in [1.29, 1.82) is 0 Å². The Kier molecular flexibility index (Phi) is 7.76. The third-order valence-electron chi connectivity index (χ3n) is 2.66. The number of primary amides is 1. The smallest absolute Gasteiger partial charge is 0.234 e. The Balaban J connectivity index is 1.87. The summed E-state index contributed by atoms with van der Waals surface area (Å²) in [7, 11) is 0. The summed E-state index contributed by atoms with van der Waals surface area (Å²) in [6.07, 6.45) is 1.73. The third-order valence-corrected chi connectivity index (χ3v) is 5.77. The van der Waals surface area contributed by atoms with Crippen LogP contribution in [-0.2, 0) is 9.59 Å². The molecule has 0 saturated heterocycles. The minimum atomic E-state index is -0.404. The monoisotopic (exact) mass is 395 g/mol. The molecule has 0 radical (unpaired) electrons. The first-order valence-corrected chi connectivity index (χ1v) is 9.98. The zero-order chi connectivity index (χ0) is 18.1. The molecule has 1 aromatic heterocycles. The summed E-state index contributed by atoms with van der Waals surface area (Å²) in [6.45, 7) is 4.23. The van der Waals surface area contributed by atoms with Crippen LogP contribution in [0.15, 0.2) is 46.2 Å². The van der Waals surface area contributed by atoms with Crippen molar-refractivity contribution in [3.63, 3.8) is 0 Å². The lowest BCUT2D eigenvalue weighted by atomic mass is 10.3. The second-order valence-corrected chi connectivity index (χ2v) is 7.85. The largest absolute Gasteiger partial charge is 0.369 e. The van der Waals surface area contributed by atoms with Crippen molar-refractivity contribution < 1.29 is 9.59 Å². The highest BCUT2D eigenvalue weighted by atomic mass is 32.2. The summed E-state index contributed by atoms with van der Waals surface area (Å²) in [5, 5.41) is 14.6. The molecule has 0 aliphatic carbocycles. The van der Waals surface area contributed by atoms with Crippen LogP contribution in [0.5, 0.6) is 0 Å². The average molecular weight is 396 g/mol. The van der Waals surface area contributed by atoms with Crippen LogP contribution in [-0.4, -0.2) is 40.1 Å². The molecule has 0 aliphatic heterocycles. The molecule has 0 saturated carbocycles. The molecule has 7 nitrogen and oxygen atoms in total. The van der Waals surface area contributed by atoms with Gasteiger partial charge in [-0.3, -0.25) is 9.59 Å². The van der Waals surface area contributed by atoms with Gasteiger partial charge in [0.1, 0.15) is 0 Å². The number of hydrogen-bond donors (Lipinski definition) is 3. The lowest BCUT2D eigenvalue weighted by Crippen LogP contribution is -2.15. The SMILES string of the molecule is C=CCNc1nnc(SCC(=O)Nc2ccccc2SCC(N)=O)s1. The Morgan fingerprint density at radius 1 is 1.24 bits per heavy atom. The van der Waals surface area contributed by atoms with Crippen LogP contribution in [0.1, 0.15) is 0 Å². The van der Waals surface area contributed by atoms with E-state index in [9.17, 15) is 9.59 Å². The van der Waals surface area contributed by atoms with Crippen molar-refractivity contribution in [2.45, 2.75) is 9.24 Å². The van der Waals surface area contributed by atoms with Gasteiger partial charge in [-0.1, -0.05) is 41.3 Å². The first-order chi connectivity index (χ1) is 12.1. The molecule has 0 aliphatic rings. The molecule has 132 valence electrons. The predicted octanol–water partition coefficient (Wildman–Crippen LogP) is 2.44. The molecular weight excluding hydrogens is 378 g/mol. The van der Waals surface area contributed by atoms with Crippen LogP contribution in [0.25, 0.3) is 0 Å². The van der Waals surface area contributed by atoms with Crippen LogP contribution in [0.4, 0.5) is 10.8 Å². The van der Waals surface area contributed by atoms with Crippen LogP contribution >= 0.6 is 34.9 Å². The Morgan fingerprint density at radius 2 is 2.04 bits per heavy atom. The Labute approximate surface area is 157 Å². The molecule has 2 rings (SSSR count).